The maximum Gasteiger partial charge on any atom is 0.261 e. The lowest BCUT2D eigenvalue weighted by atomic mass is 9.80. The van der Waals surface area contributed by atoms with Crippen molar-refractivity contribution in [1.29, 1.82) is 0 Å². The van der Waals surface area contributed by atoms with Gasteiger partial charge in [0.1, 0.15) is 0 Å². The molecule has 3 aromatic rings. The first-order valence-corrected chi connectivity index (χ1v) is 13.4. The molecule has 0 radical (unpaired) electrons. The summed E-state index contributed by atoms with van der Waals surface area (Å²) >= 11 is 0. The molecule has 186 valence electrons. The highest BCUT2D eigenvalue weighted by Crippen LogP contribution is 2.47. The number of benzene rings is 3. The van der Waals surface area contributed by atoms with E-state index in [1.54, 1.807) is 0 Å². The van der Waals surface area contributed by atoms with Crippen LogP contribution in [-0.2, 0) is 10.4 Å². The van der Waals surface area contributed by atoms with E-state index in [-0.39, 0.29) is 11.9 Å². The molecule has 3 aromatic carbocycles. The van der Waals surface area contributed by atoms with Gasteiger partial charge in [0.25, 0.3) is 5.91 Å². The van der Waals surface area contributed by atoms with Crippen LogP contribution in [0.25, 0.3) is 11.1 Å². The Balaban J connectivity index is 1.14. The summed E-state index contributed by atoms with van der Waals surface area (Å²) in [6, 6.07) is 24.2. The van der Waals surface area contributed by atoms with Gasteiger partial charge in [0.05, 0.1) is 32.2 Å². The summed E-state index contributed by atoms with van der Waals surface area (Å²) in [6.45, 7) is 7.54. The molecule has 0 saturated carbocycles. The lowest BCUT2D eigenvalue weighted by molar-refractivity contribution is -0.943. The van der Waals surface area contributed by atoms with Gasteiger partial charge in [-0.25, -0.2) is 0 Å². The van der Waals surface area contributed by atoms with Crippen molar-refractivity contribution in [2.24, 2.45) is 5.92 Å². The first-order valence-electron chi connectivity index (χ1n) is 13.4. The van der Waals surface area contributed by atoms with Gasteiger partial charge in [-0.15, -0.1) is 0 Å². The van der Waals surface area contributed by atoms with E-state index in [0.717, 1.165) is 54.5 Å². The summed E-state index contributed by atoms with van der Waals surface area (Å²) in [5.74, 6) is 0.216. The maximum atomic E-state index is 13.8. The van der Waals surface area contributed by atoms with Gasteiger partial charge in [0.2, 0.25) is 0 Å². The molecule has 5 nitrogen and oxygen atoms in total. The normalized spacial score (nSPS) is 25.2. The predicted molar refractivity (Wildman–Crippen MR) is 144 cm³/mol. The van der Waals surface area contributed by atoms with Crippen LogP contribution in [0.5, 0.6) is 0 Å². The van der Waals surface area contributed by atoms with Crippen LogP contribution in [-0.4, -0.2) is 54.3 Å². The fraction of sp³-hybridized carbons (Fsp3) is 0.387. The van der Waals surface area contributed by atoms with E-state index in [4.69, 9.17) is 0 Å². The third kappa shape index (κ3) is 3.91. The van der Waals surface area contributed by atoms with Crippen LogP contribution in [0.3, 0.4) is 0 Å². The molecule has 36 heavy (non-hydrogen) atoms. The second kappa shape index (κ2) is 9.06. The molecule has 3 fully saturated rings. The Bertz CT molecular complexity index is 1230. The van der Waals surface area contributed by atoms with E-state index in [1.165, 1.54) is 24.3 Å². The third-order valence-electron chi connectivity index (χ3n) is 8.83. The quantitative estimate of drug-likeness (QED) is 0.345. The summed E-state index contributed by atoms with van der Waals surface area (Å²) < 4.78 is 1.07. The highest BCUT2D eigenvalue weighted by molar-refractivity contribution is 5.98. The van der Waals surface area contributed by atoms with E-state index in [1.807, 2.05) is 48.5 Å². The van der Waals surface area contributed by atoms with Gasteiger partial charge >= 0.3 is 0 Å². The summed E-state index contributed by atoms with van der Waals surface area (Å²) in [7, 11) is 0. The third-order valence-corrected chi connectivity index (χ3v) is 8.83. The van der Waals surface area contributed by atoms with Crippen LogP contribution in [0.2, 0.25) is 0 Å². The van der Waals surface area contributed by atoms with Crippen molar-refractivity contribution in [3.63, 3.8) is 0 Å². The number of piperidine rings is 3. The first-order chi connectivity index (χ1) is 17.5. The van der Waals surface area contributed by atoms with Crippen molar-refractivity contribution in [3.8, 4) is 11.1 Å². The summed E-state index contributed by atoms with van der Waals surface area (Å²) in [4.78, 5) is 13.8. The SMILES string of the molecule is Cc1cccc(NCCC[N+]23CCC(CC2)[C@@H](NC(=O)C2(O)c4ccccc4-c4ccccc42)C3)c1. The number of anilines is 1. The molecule has 0 unspecified atom stereocenters. The predicted octanol–water partition coefficient (Wildman–Crippen LogP) is 4.44. The van der Waals surface area contributed by atoms with Crippen LogP contribution in [0.15, 0.2) is 72.8 Å². The Labute approximate surface area is 213 Å². The Morgan fingerprint density at radius 2 is 1.64 bits per heavy atom. The number of hydrogen-bond acceptors (Lipinski definition) is 3. The van der Waals surface area contributed by atoms with Crippen molar-refractivity contribution in [2.45, 2.75) is 37.8 Å². The molecule has 4 aliphatic rings. The van der Waals surface area contributed by atoms with Gasteiger partial charge in [-0.2, -0.15) is 0 Å². The average molecular weight is 483 g/mol. The maximum absolute atomic E-state index is 13.8. The number of aryl methyl sites for hydroxylation is 1. The number of hydrogen-bond donors (Lipinski definition) is 3. The van der Waals surface area contributed by atoms with E-state index >= 15 is 0 Å². The van der Waals surface area contributed by atoms with E-state index in [9.17, 15) is 9.90 Å². The number of quaternary nitrogens is 1. The Kier molecular flexibility index (Phi) is 5.85. The molecule has 2 bridgehead atoms. The van der Waals surface area contributed by atoms with Crippen molar-refractivity contribution in [3.05, 3.63) is 89.5 Å². The van der Waals surface area contributed by atoms with Crippen LogP contribution < -0.4 is 10.6 Å². The van der Waals surface area contributed by atoms with Gasteiger partial charge < -0.3 is 20.2 Å². The second-order valence-corrected chi connectivity index (χ2v) is 11.1. The van der Waals surface area contributed by atoms with Gasteiger partial charge in [0, 0.05) is 42.6 Å². The minimum atomic E-state index is -1.64. The molecule has 1 aliphatic carbocycles. The fourth-order valence-electron chi connectivity index (χ4n) is 6.90. The Morgan fingerprint density at radius 1 is 0.972 bits per heavy atom. The zero-order valence-corrected chi connectivity index (χ0v) is 21.0. The number of aliphatic hydroxyl groups is 1. The highest BCUT2D eigenvalue weighted by atomic mass is 16.3. The summed E-state index contributed by atoms with van der Waals surface area (Å²) in [6.07, 6.45) is 3.38. The Morgan fingerprint density at radius 3 is 2.31 bits per heavy atom. The zero-order valence-electron chi connectivity index (χ0n) is 21.0. The van der Waals surface area contributed by atoms with Crippen LogP contribution >= 0.6 is 0 Å². The van der Waals surface area contributed by atoms with Gasteiger partial charge in [-0.3, -0.25) is 4.79 Å². The average Bonchev–Trinajstić information content (AvgIpc) is 3.17. The molecular formula is C31H36N3O2+. The smallest absolute Gasteiger partial charge is 0.261 e. The molecular weight excluding hydrogens is 446 g/mol. The monoisotopic (exact) mass is 482 g/mol. The topological polar surface area (TPSA) is 61.4 Å². The van der Waals surface area contributed by atoms with E-state index in [2.05, 4.69) is 41.8 Å². The number of rotatable bonds is 7. The van der Waals surface area contributed by atoms with Crippen LogP contribution in [0.1, 0.15) is 36.0 Å². The van der Waals surface area contributed by atoms with Gasteiger partial charge in [-0.05, 0) is 41.7 Å². The fourth-order valence-corrected chi connectivity index (χ4v) is 6.90. The molecule has 3 saturated heterocycles. The summed E-state index contributed by atoms with van der Waals surface area (Å²) in [5, 5.41) is 18.8. The second-order valence-electron chi connectivity index (χ2n) is 11.1. The summed E-state index contributed by atoms with van der Waals surface area (Å²) in [5.41, 5.74) is 4.10. The molecule has 3 aliphatic heterocycles. The molecule has 0 aromatic heterocycles. The molecule has 1 atom stereocenters. The van der Waals surface area contributed by atoms with Crippen molar-refractivity contribution >= 4 is 11.6 Å². The number of nitrogens with one attached hydrogen (secondary N) is 2. The van der Waals surface area contributed by atoms with Gasteiger partial charge in [0.15, 0.2) is 5.60 Å². The number of fused-ring (bicyclic) bond motifs is 6. The van der Waals surface area contributed by atoms with Crippen molar-refractivity contribution < 1.29 is 14.4 Å². The molecule has 5 heteroatoms. The lowest BCUT2D eigenvalue weighted by Crippen LogP contribution is -2.68. The van der Waals surface area contributed by atoms with Gasteiger partial charge in [-0.1, -0.05) is 60.7 Å². The van der Waals surface area contributed by atoms with E-state index < -0.39 is 5.60 Å². The molecule has 7 rings (SSSR count). The standard InChI is InChI=1S/C31H35N3O2/c1-22-8-6-9-24(20-22)32-16-7-17-34-18-14-23(15-19-34)29(21-34)33-30(35)31(36)27-12-4-2-10-25(27)26-11-3-5-13-28(26)31/h2-6,8-13,20,23,29,32,36H,7,14-19,21H2,1H3/p+1/t23?,29-,34?/m0/s1. The number of amides is 1. The number of carbonyl (C=O) groups excluding carboxylic acids is 1. The largest absolute Gasteiger partial charge is 0.385 e. The number of carbonyl (C=O) groups is 1. The molecule has 0 spiro atoms. The minimum Gasteiger partial charge on any atom is -0.385 e. The lowest BCUT2D eigenvalue weighted by Gasteiger charge is -2.53. The van der Waals surface area contributed by atoms with E-state index in [0.29, 0.717) is 17.0 Å². The van der Waals surface area contributed by atoms with Crippen LogP contribution in [0.4, 0.5) is 5.69 Å². The minimum absolute atomic E-state index is 0.105. The van der Waals surface area contributed by atoms with Crippen molar-refractivity contribution in [2.75, 3.05) is 38.0 Å². The van der Waals surface area contributed by atoms with Crippen molar-refractivity contribution in [1.82, 2.24) is 5.32 Å². The van der Waals surface area contributed by atoms with Crippen LogP contribution in [0, 0.1) is 12.8 Å². The first kappa shape index (κ1) is 23.3. The Hall–Kier alpha value is -3.15. The highest BCUT2D eigenvalue weighted by Gasteiger charge is 2.51. The molecule has 3 heterocycles. The molecule has 1 amide bonds. The zero-order chi connectivity index (χ0) is 24.8. The number of nitrogens with zero attached hydrogens (tertiary/aromatic N) is 1. The molecule has 3 N–H and O–H groups in total.